The van der Waals surface area contributed by atoms with E-state index >= 15 is 0 Å². The molecule has 5 heteroatoms. The zero-order chi connectivity index (χ0) is 19.8. The third kappa shape index (κ3) is 2.91. The lowest BCUT2D eigenvalue weighted by Crippen LogP contribution is -2.21. The molecule has 0 saturated carbocycles. The van der Waals surface area contributed by atoms with Crippen LogP contribution in [0.15, 0.2) is 94.9 Å². The molecule has 0 N–H and O–H groups in total. The first-order valence-electron chi connectivity index (χ1n) is 9.28. The second kappa shape index (κ2) is 7.18. The number of thioether (sulfide) groups is 1. The van der Waals surface area contributed by atoms with Gasteiger partial charge in [0.25, 0.3) is 5.56 Å². The van der Waals surface area contributed by atoms with Gasteiger partial charge in [0.2, 0.25) is 0 Å². The first kappa shape index (κ1) is 17.6. The van der Waals surface area contributed by atoms with Crippen molar-refractivity contribution < 1.29 is 0 Å². The molecule has 5 aromatic rings. The van der Waals surface area contributed by atoms with Crippen LogP contribution in [-0.2, 0) is 0 Å². The normalized spacial score (nSPS) is 11.2. The van der Waals surface area contributed by atoms with Gasteiger partial charge in [-0.15, -0.1) is 0 Å². The minimum atomic E-state index is -0.114. The Morgan fingerprint density at radius 1 is 0.793 bits per heavy atom. The smallest absolute Gasteiger partial charge is 0.267 e. The highest BCUT2D eigenvalue weighted by Gasteiger charge is 2.19. The Bertz CT molecular complexity index is 1400. The lowest BCUT2D eigenvalue weighted by Gasteiger charge is -2.15. The summed E-state index contributed by atoms with van der Waals surface area (Å²) in [6.45, 7) is 0. The molecule has 140 valence electrons. The van der Waals surface area contributed by atoms with Crippen LogP contribution in [0.1, 0.15) is 0 Å². The lowest BCUT2D eigenvalue weighted by molar-refractivity contribution is 0.997. The van der Waals surface area contributed by atoms with Crippen LogP contribution in [0.2, 0.25) is 0 Å². The van der Waals surface area contributed by atoms with Crippen molar-refractivity contribution in [2.75, 3.05) is 6.26 Å². The summed E-state index contributed by atoms with van der Waals surface area (Å²) in [6.07, 6.45) is 1.95. The van der Waals surface area contributed by atoms with Gasteiger partial charge in [-0.1, -0.05) is 78.5 Å². The quantitative estimate of drug-likeness (QED) is 0.236. The molecule has 3 aromatic carbocycles. The van der Waals surface area contributed by atoms with E-state index in [0.717, 1.165) is 22.2 Å². The van der Waals surface area contributed by atoms with Gasteiger partial charge in [0.1, 0.15) is 0 Å². The van der Waals surface area contributed by atoms with Crippen LogP contribution < -0.4 is 5.56 Å². The Balaban J connectivity index is 2.03. The zero-order valence-electron chi connectivity index (χ0n) is 15.7. The highest BCUT2D eigenvalue weighted by atomic mass is 32.2. The van der Waals surface area contributed by atoms with Gasteiger partial charge in [-0.25, -0.2) is 9.97 Å². The molecule has 0 bridgehead atoms. The standard InChI is InChI=1S/C24H17N3OS/c1-29-24-25-21(16-10-4-2-5-11-16)20-22(26-24)18-14-8-9-15-19(18)27(23(20)28)17-12-6-3-7-13-17/h2-15H,1H3. The Labute approximate surface area is 171 Å². The van der Waals surface area contributed by atoms with Gasteiger partial charge in [-0.3, -0.25) is 9.36 Å². The third-order valence-corrected chi connectivity index (χ3v) is 5.50. The number of benzene rings is 3. The van der Waals surface area contributed by atoms with Crippen LogP contribution in [0.25, 0.3) is 38.8 Å². The first-order chi connectivity index (χ1) is 14.3. The fourth-order valence-electron chi connectivity index (χ4n) is 3.66. The molecule has 0 amide bonds. The van der Waals surface area contributed by atoms with Crippen LogP contribution in [0, 0.1) is 0 Å². The number of nitrogens with zero attached hydrogens (tertiary/aromatic N) is 3. The van der Waals surface area contributed by atoms with Gasteiger partial charge in [-0.05, 0) is 24.5 Å². The molecule has 0 saturated heterocycles. The van der Waals surface area contributed by atoms with Crippen molar-refractivity contribution in [2.24, 2.45) is 0 Å². The van der Waals surface area contributed by atoms with Crippen LogP contribution in [0.3, 0.4) is 0 Å². The molecule has 0 aliphatic heterocycles. The van der Waals surface area contributed by atoms with E-state index < -0.39 is 0 Å². The van der Waals surface area contributed by atoms with Gasteiger partial charge < -0.3 is 0 Å². The molecule has 0 atom stereocenters. The fraction of sp³-hybridized carbons (Fsp3) is 0.0417. The summed E-state index contributed by atoms with van der Waals surface area (Å²) in [4.78, 5) is 23.3. The lowest BCUT2D eigenvalue weighted by atomic mass is 10.0. The van der Waals surface area contributed by atoms with Gasteiger partial charge in [-0.2, -0.15) is 0 Å². The molecular weight excluding hydrogens is 378 g/mol. The second-order valence-corrected chi connectivity index (χ2v) is 7.42. The van der Waals surface area contributed by atoms with E-state index in [0.29, 0.717) is 21.8 Å². The summed E-state index contributed by atoms with van der Waals surface area (Å²) in [7, 11) is 0. The Morgan fingerprint density at radius 2 is 1.45 bits per heavy atom. The summed E-state index contributed by atoms with van der Waals surface area (Å²) >= 11 is 1.48. The number of para-hydroxylation sites is 2. The first-order valence-corrected chi connectivity index (χ1v) is 10.5. The van der Waals surface area contributed by atoms with Crippen molar-refractivity contribution in [3.05, 3.63) is 95.3 Å². The van der Waals surface area contributed by atoms with E-state index in [4.69, 9.17) is 9.97 Å². The van der Waals surface area contributed by atoms with Gasteiger partial charge in [0, 0.05) is 16.6 Å². The zero-order valence-corrected chi connectivity index (χ0v) is 16.6. The molecule has 4 nitrogen and oxygen atoms in total. The van der Waals surface area contributed by atoms with Crippen molar-refractivity contribution >= 4 is 33.6 Å². The Morgan fingerprint density at radius 3 is 2.17 bits per heavy atom. The summed E-state index contributed by atoms with van der Waals surface area (Å²) in [6, 6.07) is 27.4. The molecule has 0 aliphatic carbocycles. The molecule has 0 fully saturated rings. The van der Waals surface area contributed by atoms with E-state index in [-0.39, 0.29) is 5.56 Å². The predicted molar refractivity (Wildman–Crippen MR) is 120 cm³/mol. The second-order valence-electron chi connectivity index (χ2n) is 6.64. The maximum Gasteiger partial charge on any atom is 0.267 e. The summed E-state index contributed by atoms with van der Waals surface area (Å²) in [5.41, 5.74) is 3.81. The van der Waals surface area contributed by atoms with E-state index in [9.17, 15) is 4.79 Å². The van der Waals surface area contributed by atoms with Crippen LogP contribution >= 0.6 is 11.8 Å². The van der Waals surface area contributed by atoms with Crippen LogP contribution in [-0.4, -0.2) is 20.8 Å². The number of pyridine rings is 1. The molecule has 0 unspecified atom stereocenters. The maximum absolute atomic E-state index is 13.8. The molecule has 0 aliphatic rings. The number of aromatic nitrogens is 3. The van der Waals surface area contributed by atoms with E-state index in [1.807, 2.05) is 91.2 Å². The van der Waals surface area contributed by atoms with Crippen molar-refractivity contribution in [3.8, 4) is 16.9 Å². The van der Waals surface area contributed by atoms with Crippen LogP contribution in [0.5, 0.6) is 0 Å². The van der Waals surface area contributed by atoms with Gasteiger partial charge in [0.05, 0.1) is 22.1 Å². The minimum Gasteiger partial charge on any atom is -0.276 e. The molecule has 29 heavy (non-hydrogen) atoms. The number of hydrogen-bond acceptors (Lipinski definition) is 4. The highest BCUT2D eigenvalue weighted by molar-refractivity contribution is 7.98. The molecule has 2 aromatic heterocycles. The molecule has 5 rings (SSSR count). The van der Waals surface area contributed by atoms with Gasteiger partial charge in [0.15, 0.2) is 5.16 Å². The molecule has 2 heterocycles. The van der Waals surface area contributed by atoms with Gasteiger partial charge >= 0.3 is 0 Å². The van der Waals surface area contributed by atoms with Crippen molar-refractivity contribution in [2.45, 2.75) is 5.16 Å². The summed E-state index contributed by atoms with van der Waals surface area (Å²) in [5, 5.41) is 2.12. The monoisotopic (exact) mass is 395 g/mol. The number of fused-ring (bicyclic) bond motifs is 3. The number of hydrogen-bond donors (Lipinski definition) is 0. The largest absolute Gasteiger partial charge is 0.276 e. The SMILES string of the molecule is CSc1nc(-c2ccccc2)c2c(=O)n(-c3ccccc3)c3ccccc3c2n1. The maximum atomic E-state index is 13.8. The predicted octanol–water partition coefficient (Wildman–Crippen LogP) is 5.32. The Hall–Kier alpha value is -3.44. The number of rotatable bonds is 3. The molecule has 0 radical (unpaired) electrons. The topological polar surface area (TPSA) is 47.8 Å². The fourth-order valence-corrected chi connectivity index (χ4v) is 4.02. The van der Waals surface area contributed by atoms with Crippen molar-refractivity contribution in [1.82, 2.24) is 14.5 Å². The van der Waals surface area contributed by atoms with Crippen molar-refractivity contribution in [3.63, 3.8) is 0 Å². The molecular formula is C24H17N3OS. The van der Waals surface area contributed by atoms with E-state index in [2.05, 4.69) is 0 Å². The van der Waals surface area contributed by atoms with E-state index in [1.165, 1.54) is 11.8 Å². The summed E-state index contributed by atoms with van der Waals surface area (Å²) in [5.74, 6) is 0. The molecule has 0 spiro atoms. The average molecular weight is 395 g/mol. The summed E-state index contributed by atoms with van der Waals surface area (Å²) < 4.78 is 1.76. The average Bonchev–Trinajstić information content (AvgIpc) is 2.80. The van der Waals surface area contributed by atoms with E-state index in [1.54, 1.807) is 4.57 Å². The Kier molecular flexibility index (Phi) is 4.37. The third-order valence-electron chi connectivity index (χ3n) is 4.95. The highest BCUT2D eigenvalue weighted by Crippen LogP contribution is 2.31. The van der Waals surface area contributed by atoms with Crippen molar-refractivity contribution in [1.29, 1.82) is 0 Å². The van der Waals surface area contributed by atoms with Crippen LogP contribution in [0.4, 0.5) is 0 Å². The minimum absolute atomic E-state index is 0.114.